The molecule has 0 spiro atoms. The van der Waals surface area contributed by atoms with Crippen LogP contribution in [0.15, 0.2) is 24.3 Å². The minimum Gasteiger partial charge on any atom is -0.396 e. The molecule has 2 rings (SSSR count). The Morgan fingerprint density at radius 3 is 2.56 bits per heavy atom. The van der Waals surface area contributed by atoms with Gasteiger partial charge in [-0.3, -0.25) is 0 Å². The first-order valence-corrected chi connectivity index (χ1v) is 7.08. The van der Waals surface area contributed by atoms with Crippen molar-refractivity contribution in [2.24, 2.45) is 5.41 Å². The first kappa shape index (κ1) is 13.4. The molecule has 1 aromatic carbocycles. The van der Waals surface area contributed by atoms with Gasteiger partial charge in [0.2, 0.25) is 0 Å². The lowest BCUT2D eigenvalue weighted by Gasteiger charge is -2.39. The SMILES string of the molecule is CC1(C)CCCCC1Nc1ccc(CCO)cc1. The molecule has 2 heteroatoms. The van der Waals surface area contributed by atoms with E-state index < -0.39 is 0 Å². The highest BCUT2D eigenvalue weighted by Gasteiger charge is 2.31. The Morgan fingerprint density at radius 1 is 1.22 bits per heavy atom. The maximum Gasteiger partial charge on any atom is 0.0471 e. The molecule has 0 saturated heterocycles. The average Bonchev–Trinajstić information content (AvgIpc) is 2.34. The van der Waals surface area contributed by atoms with Gasteiger partial charge in [-0.15, -0.1) is 0 Å². The molecule has 2 N–H and O–H groups in total. The van der Waals surface area contributed by atoms with Gasteiger partial charge < -0.3 is 10.4 Å². The van der Waals surface area contributed by atoms with Gasteiger partial charge in [0.25, 0.3) is 0 Å². The Labute approximate surface area is 110 Å². The minimum atomic E-state index is 0.225. The molecule has 1 fully saturated rings. The molecule has 100 valence electrons. The van der Waals surface area contributed by atoms with Crippen molar-refractivity contribution in [2.75, 3.05) is 11.9 Å². The summed E-state index contributed by atoms with van der Waals surface area (Å²) in [6.45, 7) is 4.95. The van der Waals surface area contributed by atoms with Crippen molar-refractivity contribution in [3.8, 4) is 0 Å². The van der Waals surface area contributed by atoms with Crippen molar-refractivity contribution in [2.45, 2.75) is 52.0 Å². The van der Waals surface area contributed by atoms with E-state index in [0.29, 0.717) is 11.5 Å². The molecule has 1 aromatic rings. The molecule has 0 amide bonds. The third kappa shape index (κ3) is 3.26. The summed E-state index contributed by atoms with van der Waals surface area (Å²) in [5.74, 6) is 0. The van der Waals surface area contributed by atoms with Crippen LogP contribution in [0, 0.1) is 5.41 Å². The third-order valence-corrected chi connectivity index (χ3v) is 4.20. The lowest BCUT2D eigenvalue weighted by atomic mass is 9.73. The number of anilines is 1. The lowest BCUT2D eigenvalue weighted by Crippen LogP contribution is -2.38. The standard InChI is InChI=1S/C16H25NO/c1-16(2)11-4-3-5-15(16)17-14-8-6-13(7-9-14)10-12-18/h6-9,15,17-18H,3-5,10-12H2,1-2H3. The fraction of sp³-hybridized carbons (Fsp3) is 0.625. The van der Waals surface area contributed by atoms with Crippen LogP contribution in [0.25, 0.3) is 0 Å². The van der Waals surface area contributed by atoms with Gasteiger partial charge in [-0.1, -0.05) is 38.8 Å². The Bertz CT molecular complexity index is 369. The van der Waals surface area contributed by atoms with Gasteiger partial charge in [-0.2, -0.15) is 0 Å². The van der Waals surface area contributed by atoms with Crippen LogP contribution in [-0.2, 0) is 6.42 Å². The maximum absolute atomic E-state index is 8.90. The Hall–Kier alpha value is -1.02. The molecule has 1 atom stereocenters. The zero-order valence-corrected chi connectivity index (χ0v) is 11.6. The second-order valence-electron chi connectivity index (χ2n) is 6.10. The molecule has 2 nitrogen and oxygen atoms in total. The van der Waals surface area contributed by atoms with E-state index in [2.05, 4.69) is 43.4 Å². The number of aliphatic hydroxyl groups excluding tert-OH is 1. The normalized spacial score (nSPS) is 22.7. The van der Waals surface area contributed by atoms with Crippen LogP contribution < -0.4 is 5.32 Å². The Kier molecular flexibility index (Phi) is 4.28. The van der Waals surface area contributed by atoms with Crippen LogP contribution in [0.1, 0.15) is 45.1 Å². The summed E-state index contributed by atoms with van der Waals surface area (Å²) in [5.41, 5.74) is 2.80. The van der Waals surface area contributed by atoms with Crippen LogP contribution >= 0.6 is 0 Å². The molecule has 1 aliphatic carbocycles. The van der Waals surface area contributed by atoms with Crippen molar-refractivity contribution >= 4 is 5.69 Å². The van der Waals surface area contributed by atoms with Crippen LogP contribution in [0.2, 0.25) is 0 Å². The van der Waals surface area contributed by atoms with E-state index in [1.165, 1.54) is 36.9 Å². The van der Waals surface area contributed by atoms with Gasteiger partial charge >= 0.3 is 0 Å². The largest absolute Gasteiger partial charge is 0.396 e. The third-order valence-electron chi connectivity index (χ3n) is 4.20. The highest BCUT2D eigenvalue weighted by molar-refractivity contribution is 5.46. The highest BCUT2D eigenvalue weighted by atomic mass is 16.2. The quantitative estimate of drug-likeness (QED) is 0.852. The summed E-state index contributed by atoms with van der Waals surface area (Å²) < 4.78 is 0. The molecule has 1 unspecified atom stereocenters. The number of hydrogen-bond acceptors (Lipinski definition) is 2. The van der Waals surface area contributed by atoms with E-state index in [9.17, 15) is 0 Å². The second kappa shape index (κ2) is 5.75. The number of nitrogens with one attached hydrogen (secondary N) is 1. The van der Waals surface area contributed by atoms with Gasteiger partial charge in [0, 0.05) is 18.3 Å². The van der Waals surface area contributed by atoms with Gasteiger partial charge in [0.05, 0.1) is 0 Å². The summed E-state index contributed by atoms with van der Waals surface area (Å²) in [4.78, 5) is 0. The van der Waals surface area contributed by atoms with Gasteiger partial charge in [0.1, 0.15) is 0 Å². The van der Waals surface area contributed by atoms with E-state index in [0.717, 1.165) is 6.42 Å². The maximum atomic E-state index is 8.90. The summed E-state index contributed by atoms with van der Waals surface area (Å²) in [7, 11) is 0. The topological polar surface area (TPSA) is 32.3 Å². The predicted molar refractivity (Wildman–Crippen MR) is 76.9 cm³/mol. The van der Waals surface area contributed by atoms with E-state index in [1.54, 1.807) is 0 Å². The van der Waals surface area contributed by atoms with E-state index in [4.69, 9.17) is 5.11 Å². The number of aliphatic hydroxyl groups is 1. The first-order valence-electron chi connectivity index (χ1n) is 7.08. The molecule has 1 aliphatic rings. The van der Waals surface area contributed by atoms with Crippen molar-refractivity contribution in [3.05, 3.63) is 29.8 Å². The van der Waals surface area contributed by atoms with Crippen molar-refractivity contribution in [1.29, 1.82) is 0 Å². The number of hydrogen-bond donors (Lipinski definition) is 2. The molecule has 0 aromatic heterocycles. The first-order chi connectivity index (χ1) is 8.62. The Morgan fingerprint density at radius 2 is 1.94 bits per heavy atom. The van der Waals surface area contributed by atoms with E-state index in [-0.39, 0.29) is 6.61 Å². The predicted octanol–water partition coefficient (Wildman–Crippen LogP) is 3.60. The fourth-order valence-electron chi connectivity index (χ4n) is 2.86. The van der Waals surface area contributed by atoms with Gasteiger partial charge in [0.15, 0.2) is 0 Å². The summed E-state index contributed by atoms with van der Waals surface area (Å²) in [6, 6.07) is 9.06. The fourth-order valence-corrected chi connectivity index (χ4v) is 2.86. The van der Waals surface area contributed by atoms with Gasteiger partial charge in [-0.25, -0.2) is 0 Å². The molecule has 1 saturated carbocycles. The molecule has 0 heterocycles. The van der Waals surface area contributed by atoms with Crippen molar-refractivity contribution in [3.63, 3.8) is 0 Å². The van der Waals surface area contributed by atoms with Crippen LogP contribution in [0.4, 0.5) is 5.69 Å². The molecule has 18 heavy (non-hydrogen) atoms. The van der Waals surface area contributed by atoms with E-state index >= 15 is 0 Å². The molecular formula is C16H25NO. The zero-order valence-electron chi connectivity index (χ0n) is 11.6. The minimum absolute atomic E-state index is 0.225. The zero-order chi connectivity index (χ0) is 13.0. The van der Waals surface area contributed by atoms with Crippen LogP contribution in [-0.4, -0.2) is 17.8 Å². The smallest absolute Gasteiger partial charge is 0.0471 e. The Balaban J connectivity index is 1.99. The van der Waals surface area contributed by atoms with Gasteiger partial charge in [-0.05, 0) is 42.4 Å². The average molecular weight is 247 g/mol. The lowest BCUT2D eigenvalue weighted by molar-refractivity contribution is 0.217. The molecular weight excluding hydrogens is 222 g/mol. The summed E-state index contributed by atoms with van der Waals surface area (Å²) in [6.07, 6.45) is 6.03. The summed E-state index contributed by atoms with van der Waals surface area (Å²) in [5, 5.41) is 12.6. The van der Waals surface area contributed by atoms with Crippen LogP contribution in [0.5, 0.6) is 0 Å². The number of rotatable bonds is 4. The molecule has 0 bridgehead atoms. The van der Waals surface area contributed by atoms with Crippen LogP contribution in [0.3, 0.4) is 0 Å². The molecule has 0 aliphatic heterocycles. The van der Waals surface area contributed by atoms with Crippen molar-refractivity contribution < 1.29 is 5.11 Å². The second-order valence-corrected chi connectivity index (χ2v) is 6.10. The van der Waals surface area contributed by atoms with E-state index in [1.807, 2.05) is 0 Å². The monoisotopic (exact) mass is 247 g/mol. The number of benzene rings is 1. The summed E-state index contributed by atoms with van der Waals surface area (Å²) >= 11 is 0. The van der Waals surface area contributed by atoms with Crippen molar-refractivity contribution in [1.82, 2.24) is 0 Å². The molecule has 0 radical (unpaired) electrons. The highest BCUT2D eigenvalue weighted by Crippen LogP contribution is 2.37.